The normalized spacial score (nSPS) is 12.1. The molecule has 0 atom stereocenters. The summed E-state index contributed by atoms with van der Waals surface area (Å²) in [4.78, 5) is 1.22. The molecule has 2 heteroatoms. The van der Waals surface area contributed by atoms with Crippen molar-refractivity contribution in [2.45, 2.75) is 37.5 Å². The third-order valence-corrected chi connectivity index (χ3v) is 3.30. The Morgan fingerprint density at radius 2 is 2.11 bits per heavy atom. The molecule has 0 saturated carbocycles. The van der Waals surface area contributed by atoms with E-state index in [1.165, 1.54) is 48.1 Å². The van der Waals surface area contributed by atoms with E-state index in [4.69, 9.17) is 0 Å². The van der Waals surface area contributed by atoms with Crippen LogP contribution in [0.25, 0.3) is 6.08 Å². The summed E-state index contributed by atoms with van der Waals surface area (Å²) < 4.78 is 4.12. The van der Waals surface area contributed by atoms with Crippen molar-refractivity contribution < 1.29 is 0 Å². The Balaban J connectivity index is 0.000000203. The molecule has 0 fully saturated rings. The number of hydrogen-bond acceptors (Lipinski definition) is 2. The largest absolute Gasteiger partial charge is 0.219 e. The van der Waals surface area contributed by atoms with Gasteiger partial charge in [-0.15, -0.1) is 6.58 Å². The van der Waals surface area contributed by atoms with Crippen LogP contribution in [0.2, 0.25) is 0 Å². The zero-order valence-corrected chi connectivity index (χ0v) is 11.8. The van der Waals surface area contributed by atoms with Gasteiger partial charge in [-0.1, -0.05) is 50.1 Å². The number of rotatable bonds is 4. The highest BCUT2D eigenvalue weighted by Crippen LogP contribution is 2.25. The maximum Gasteiger partial charge on any atom is 0.0377 e. The summed E-state index contributed by atoms with van der Waals surface area (Å²) >= 11 is 1.52. The highest BCUT2D eigenvalue weighted by molar-refractivity contribution is 7.98. The lowest BCUT2D eigenvalue weighted by Crippen LogP contribution is -1.73. The average Bonchev–Trinajstić information content (AvgIpc) is 2.65. The van der Waals surface area contributed by atoms with Crippen LogP contribution in [-0.2, 0) is 0 Å². The lowest BCUT2D eigenvalue weighted by molar-refractivity contribution is 0.730. The number of fused-ring (bicyclic) bond motifs is 1. The predicted molar refractivity (Wildman–Crippen MR) is 84.2 cm³/mol. The van der Waals surface area contributed by atoms with E-state index < -0.39 is 0 Å². The Labute approximate surface area is 115 Å². The highest BCUT2D eigenvalue weighted by Gasteiger charge is 1.98. The van der Waals surface area contributed by atoms with Crippen molar-refractivity contribution in [3.8, 4) is 0 Å². The lowest BCUT2D eigenvalue weighted by Gasteiger charge is -1.97. The molecule has 0 spiro atoms. The summed E-state index contributed by atoms with van der Waals surface area (Å²) in [7, 11) is 0. The Morgan fingerprint density at radius 3 is 2.89 bits per heavy atom. The van der Waals surface area contributed by atoms with E-state index in [0.29, 0.717) is 0 Å². The van der Waals surface area contributed by atoms with Crippen molar-refractivity contribution in [1.82, 2.24) is 0 Å². The molecule has 1 aromatic carbocycles. The van der Waals surface area contributed by atoms with E-state index in [0.717, 1.165) is 0 Å². The summed E-state index contributed by atoms with van der Waals surface area (Å²) in [5.41, 5.74) is 1.25. The summed E-state index contributed by atoms with van der Waals surface area (Å²) in [6.45, 7) is 5.84. The van der Waals surface area contributed by atoms with Gasteiger partial charge in [0.2, 0.25) is 0 Å². The molecule has 2 rings (SSSR count). The molecule has 1 nitrogen and oxygen atoms in total. The first-order chi connectivity index (χ1) is 8.88. The van der Waals surface area contributed by atoms with Gasteiger partial charge in [-0.3, -0.25) is 0 Å². The van der Waals surface area contributed by atoms with Gasteiger partial charge in [0.15, 0.2) is 0 Å². The number of unbranched alkanes of at least 4 members (excludes halogenated alkanes) is 3. The molecule has 0 radical (unpaired) electrons. The van der Waals surface area contributed by atoms with Crippen LogP contribution in [0.1, 0.15) is 38.2 Å². The number of allylic oxidation sites excluding steroid dienone is 2. The SMILES string of the molecule is C1=Cc2ccccc2SN=C1.C=CCCCCC. The van der Waals surface area contributed by atoms with Gasteiger partial charge < -0.3 is 0 Å². The van der Waals surface area contributed by atoms with Crippen molar-refractivity contribution in [3.63, 3.8) is 0 Å². The molecule has 1 aliphatic heterocycles. The smallest absolute Gasteiger partial charge is 0.0377 e. The first kappa shape index (κ1) is 14.8. The topological polar surface area (TPSA) is 12.4 Å². The second kappa shape index (κ2) is 9.72. The average molecular weight is 259 g/mol. The van der Waals surface area contributed by atoms with E-state index >= 15 is 0 Å². The van der Waals surface area contributed by atoms with Gasteiger partial charge in [0, 0.05) is 23.1 Å². The zero-order chi connectivity index (χ0) is 13.1. The Hall–Kier alpha value is -1.28. The minimum Gasteiger partial charge on any atom is -0.219 e. The van der Waals surface area contributed by atoms with Crippen LogP contribution in [0.4, 0.5) is 0 Å². The van der Waals surface area contributed by atoms with Crippen LogP contribution < -0.4 is 0 Å². The van der Waals surface area contributed by atoms with Crippen molar-refractivity contribution >= 4 is 24.2 Å². The van der Waals surface area contributed by atoms with E-state index in [9.17, 15) is 0 Å². The zero-order valence-electron chi connectivity index (χ0n) is 11.0. The molecule has 1 aliphatic rings. The second-order valence-electron chi connectivity index (χ2n) is 4.03. The van der Waals surface area contributed by atoms with Gasteiger partial charge in [0.05, 0.1) is 0 Å². The Morgan fingerprint density at radius 1 is 1.28 bits per heavy atom. The van der Waals surface area contributed by atoms with Gasteiger partial charge in [0.1, 0.15) is 0 Å². The second-order valence-corrected chi connectivity index (χ2v) is 4.86. The van der Waals surface area contributed by atoms with Crippen LogP contribution in [0.3, 0.4) is 0 Å². The third kappa shape index (κ3) is 5.87. The molecule has 0 N–H and O–H groups in total. The molecule has 1 heterocycles. The summed E-state index contributed by atoms with van der Waals surface area (Å²) in [5.74, 6) is 0. The molecule has 0 aliphatic carbocycles. The molecular formula is C16H21NS. The quantitative estimate of drug-likeness (QED) is 0.392. The van der Waals surface area contributed by atoms with Crippen molar-refractivity contribution in [1.29, 1.82) is 0 Å². The Kier molecular flexibility index (Phi) is 7.98. The van der Waals surface area contributed by atoms with Crippen LogP contribution >= 0.6 is 11.9 Å². The van der Waals surface area contributed by atoms with Crippen molar-refractivity contribution in [2.75, 3.05) is 0 Å². The maximum absolute atomic E-state index is 4.12. The molecule has 0 amide bonds. The van der Waals surface area contributed by atoms with Gasteiger partial charge in [-0.05, 0) is 30.5 Å². The predicted octanol–water partition coefficient (Wildman–Crippen LogP) is 5.54. The minimum absolute atomic E-state index is 1.19. The molecular weight excluding hydrogens is 238 g/mol. The summed E-state index contributed by atoms with van der Waals surface area (Å²) in [6, 6.07) is 8.23. The van der Waals surface area contributed by atoms with Crippen molar-refractivity contribution in [2.24, 2.45) is 4.40 Å². The number of nitrogens with zero attached hydrogens (tertiary/aromatic N) is 1. The van der Waals surface area contributed by atoms with Gasteiger partial charge >= 0.3 is 0 Å². The van der Waals surface area contributed by atoms with Crippen LogP contribution in [0.15, 0.2) is 52.3 Å². The van der Waals surface area contributed by atoms with E-state index in [2.05, 4.69) is 36.1 Å². The van der Waals surface area contributed by atoms with Crippen LogP contribution in [-0.4, -0.2) is 6.21 Å². The molecule has 1 aromatic rings. The first-order valence-electron chi connectivity index (χ1n) is 6.45. The van der Waals surface area contributed by atoms with Crippen LogP contribution in [0.5, 0.6) is 0 Å². The highest BCUT2D eigenvalue weighted by atomic mass is 32.2. The molecule has 0 aromatic heterocycles. The minimum atomic E-state index is 1.19. The van der Waals surface area contributed by atoms with Crippen LogP contribution in [0, 0.1) is 0 Å². The Bertz CT molecular complexity index is 407. The molecule has 0 bridgehead atoms. The van der Waals surface area contributed by atoms with E-state index in [1.54, 1.807) is 0 Å². The monoisotopic (exact) mass is 259 g/mol. The fourth-order valence-electron chi connectivity index (χ4n) is 1.51. The summed E-state index contributed by atoms with van der Waals surface area (Å²) in [5, 5.41) is 0. The van der Waals surface area contributed by atoms with Gasteiger partial charge in [-0.25, -0.2) is 4.40 Å². The molecule has 96 valence electrons. The lowest BCUT2D eigenvalue weighted by atomic mass is 10.2. The maximum atomic E-state index is 4.12. The third-order valence-electron chi connectivity index (χ3n) is 2.50. The molecule has 18 heavy (non-hydrogen) atoms. The van der Waals surface area contributed by atoms with Crippen molar-refractivity contribution in [3.05, 3.63) is 48.6 Å². The fourth-order valence-corrected chi connectivity index (χ4v) is 2.13. The number of benzene rings is 1. The van der Waals surface area contributed by atoms with Gasteiger partial charge in [-0.2, -0.15) is 0 Å². The van der Waals surface area contributed by atoms with E-state index in [-0.39, 0.29) is 0 Å². The van der Waals surface area contributed by atoms with E-state index in [1.807, 2.05) is 30.5 Å². The number of hydrogen-bond donors (Lipinski definition) is 0. The first-order valence-corrected chi connectivity index (χ1v) is 7.22. The molecule has 0 unspecified atom stereocenters. The van der Waals surface area contributed by atoms with Gasteiger partial charge in [0.25, 0.3) is 0 Å². The summed E-state index contributed by atoms with van der Waals surface area (Å²) in [6.07, 6.45) is 13.0. The standard InChI is InChI=1S/C9H7NS.C7H14/c1-2-6-9-8(4-1)5-3-7-10-11-9;1-3-5-7-6-4-2/h1-7H;3H,1,4-7H2,2H3. The molecule has 0 saturated heterocycles. The fraction of sp³-hybridized carbons (Fsp3) is 0.312.